The molecule has 0 aromatic heterocycles. The van der Waals surface area contributed by atoms with Crippen LogP contribution in [-0.2, 0) is 8.23 Å². The molecular weight excluding hydrogens is 396 g/mol. The zero-order valence-corrected chi connectivity index (χ0v) is 23.4. The summed E-state index contributed by atoms with van der Waals surface area (Å²) >= 11 is 0. The van der Waals surface area contributed by atoms with Gasteiger partial charge in [0, 0.05) is 6.04 Å². The van der Waals surface area contributed by atoms with Gasteiger partial charge in [-0.15, -0.1) is 0 Å². The molecule has 0 saturated carbocycles. The Labute approximate surface area is 180 Å². The van der Waals surface area contributed by atoms with Crippen molar-refractivity contribution in [3.05, 3.63) is 0 Å². The van der Waals surface area contributed by atoms with Crippen LogP contribution < -0.4 is 0 Å². The minimum atomic E-state index is -3.10. The average Bonchev–Trinajstić information content (AvgIpc) is 2.72. The van der Waals surface area contributed by atoms with Crippen LogP contribution in [-0.4, -0.2) is 30.2 Å². The van der Waals surface area contributed by atoms with Crippen LogP contribution in [0.5, 0.6) is 0 Å². The lowest BCUT2D eigenvalue weighted by atomic mass is 10.1. The van der Waals surface area contributed by atoms with Crippen LogP contribution in [0.3, 0.4) is 0 Å². The molecule has 0 fully saturated rings. The molecule has 0 aromatic carbocycles. The lowest BCUT2D eigenvalue weighted by molar-refractivity contribution is 0.233. The lowest BCUT2D eigenvalue weighted by Gasteiger charge is -2.42. The highest BCUT2D eigenvalue weighted by Gasteiger charge is 2.49. The van der Waals surface area contributed by atoms with Crippen molar-refractivity contribution in [3.8, 4) is 0 Å². The summed E-state index contributed by atoms with van der Waals surface area (Å²) in [6.07, 6.45) is 10.3. The van der Waals surface area contributed by atoms with E-state index >= 15 is 0 Å². The molecule has 0 aromatic rings. The molecule has 0 saturated heterocycles. The van der Waals surface area contributed by atoms with E-state index in [1.165, 1.54) is 44.9 Å². The average molecular weight is 449 g/mol. The predicted octanol–water partition coefficient (Wildman–Crippen LogP) is 8.10. The maximum absolute atomic E-state index is 11.7. The number of hydrogen-bond acceptors (Lipinski definition) is 3. The van der Waals surface area contributed by atoms with E-state index in [0.29, 0.717) is 0 Å². The van der Waals surface area contributed by atoms with Crippen molar-refractivity contribution >= 4 is 25.4 Å². The smallest absolute Gasteiger partial charge is 0.416 e. The molecular formula is C22H52O3Si3. The molecule has 0 bridgehead atoms. The molecule has 6 heteroatoms. The van der Waals surface area contributed by atoms with E-state index in [-0.39, 0.29) is 0 Å². The van der Waals surface area contributed by atoms with Crippen molar-refractivity contribution in [3.63, 3.8) is 0 Å². The molecule has 0 unspecified atom stereocenters. The van der Waals surface area contributed by atoms with E-state index in [1.807, 2.05) is 0 Å². The molecule has 0 rings (SSSR count). The van der Waals surface area contributed by atoms with E-state index in [1.54, 1.807) is 0 Å². The van der Waals surface area contributed by atoms with Gasteiger partial charge in [-0.2, -0.15) is 0 Å². The maximum Gasteiger partial charge on any atom is 0.477 e. The highest BCUT2D eigenvalue weighted by molar-refractivity contribution is 6.87. The van der Waals surface area contributed by atoms with Gasteiger partial charge >= 0.3 is 8.80 Å². The second kappa shape index (κ2) is 15.3. The number of unbranched alkanes of at least 4 members (excludes halogenated alkanes) is 7. The highest BCUT2D eigenvalue weighted by atomic mass is 28.5. The normalized spacial score (nSPS) is 13.3. The van der Waals surface area contributed by atoms with Crippen LogP contribution in [0.4, 0.5) is 0 Å². The van der Waals surface area contributed by atoms with E-state index < -0.39 is 25.4 Å². The second-order valence-electron chi connectivity index (χ2n) is 8.63. The third-order valence-electron chi connectivity index (χ3n) is 6.96. The minimum Gasteiger partial charge on any atom is -0.416 e. The van der Waals surface area contributed by atoms with Crippen LogP contribution in [0, 0.1) is 0 Å². The van der Waals surface area contributed by atoms with E-state index in [9.17, 15) is 4.80 Å². The molecule has 0 radical (unpaired) electrons. The Balaban J connectivity index is 4.98. The van der Waals surface area contributed by atoms with Crippen molar-refractivity contribution < 1.29 is 13.0 Å². The molecule has 0 heterocycles. The number of rotatable bonds is 19. The van der Waals surface area contributed by atoms with E-state index in [4.69, 9.17) is 8.23 Å². The van der Waals surface area contributed by atoms with Gasteiger partial charge < -0.3 is 13.0 Å². The van der Waals surface area contributed by atoms with Gasteiger partial charge in [-0.25, -0.2) is 0 Å². The van der Waals surface area contributed by atoms with Gasteiger partial charge in [-0.05, 0) is 42.7 Å². The first-order chi connectivity index (χ1) is 13.3. The fourth-order valence-corrected chi connectivity index (χ4v) is 18.1. The van der Waals surface area contributed by atoms with E-state index in [0.717, 1.165) is 48.7 Å². The molecule has 3 nitrogen and oxygen atoms in total. The van der Waals surface area contributed by atoms with Crippen LogP contribution in [0.25, 0.3) is 0 Å². The van der Waals surface area contributed by atoms with Gasteiger partial charge in [0.05, 0.1) is 0 Å². The first-order valence-electron chi connectivity index (χ1n) is 12.5. The quantitative estimate of drug-likeness (QED) is 0.160. The second-order valence-corrected chi connectivity index (χ2v) is 21.2. The molecule has 0 atom stereocenters. The predicted molar refractivity (Wildman–Crippen MR) is 132 cm³/mol. The van der Waals surface area contributed by atoms with Gasteiger partial charge in [0.15, 0.2) is 16.6 Å². The Hall–Kier alpha value is 0.531. The number of hydrogen-bond donors (Lipinski definition) is 1. The zero-order valence-electron chi connectivity index (χ0n) is 20.4. The summed E-state index contributed by atoms with van der Waals surface area (Å²) in [7, 11) is -6.85. The first kappa shape index (κ1) is 28.5. The van der Waals surface area contributed by atoms with E-state index in [2.05, 4.69) is 48.5 Å². The topological polar surface area (TPSA) is 38.7 Å². The summed E-state index contributed by atoms with van der Waals surface area (Å²) < 4.78 is 13.5. The van der Waals surface area contributed by atoms with Crippen molar-refractivity contribution in [2.24, 2.45) is 0 Å². The summed E-state index contributed by atoms with van der Waals surface area (Å²) in [4.78, 5) is 11.7. The molecule has 170 valence electrons. The fourth-order valence-electron chi connectivity index (χ4n) is 4.21. The Kier molecular flexibility index (Phi) is 15.6. The minimum absolute atomic E-state index is 0.769. The summed E-state index contributed by atoms with van der Waals surface area (Å²) in [5.74, 6) is 0. The summed E-state index contributed by atoms with van der Waals surface area (Å²) in [5, 5.41) is 0. The van der Waals surface area contributed by atoms with Crippen LogP contribution in [0.2, 0.25) is 42.3 Å². The summed E-state index contributed by atoms with van der Waals surface area (Å²) in [6, 6.07) is 7.24. The summed E-state index contributed by atoms with van der Waals surface area (Å²) in [5.41, 5.74) is 0. The van der Waals surface area contributed by atoms with Gasteiger partial charge in [-0.1, -0.05) is 93.4 Å². The molecule has 0 aliphatic heterocycles. The Morgan fingerprint density at radius 1 is 0.500 bits per heavy atom. The van der Waals surface area contributed by atoms with Crippen molar-refractivity contribution in [2.75, 3.05) is 0 Å². The Morgan fingerprint density at radius 3 is 1.14 bits per heavy atom. The van der Waals surface area contributed by atoms with Gasteiger partial charge in [0.25, 0.3) is 0 Å². The Bertz CT molecular complexity index is 334. The van der Waals surface area contributed by atoms with Crippen molar-refractivity contribution in [1.82, 2.24) is 0 Å². The zero-order chi connectivity index (χ0) is 21.5. The van der Waals surface area contributed by atoms with Crippen molar-refractivity contribution in [1.29, 1.82) is 0 Å². The van der Waals surface area contributed by atoms with Gasteiger partial charge in [0.2, 0.25) is 0 Å². The van der Waals surface area contributed by atoms with Crippen LogP contribution in [0.1, 0.15) is 99.8 Å². The SMILES string of the molecule is CCCCCCCCCC[Si](O)(O[Si](CC)(CC)CC)O[Si](CC)(CC)CC. The monoisotopic (exact) mass is 448 g/mol. The van der Waals surface area contributed by atoms with Gasteiger partial charge in [0.1, 0.15) is 0 Å². The van der Waals surface area contributed by atoms with Gasteiger partial charge in [-0.3, -0.25) is 0 Å². The Morgan fingerprint density at radius 2 is 0.821 bits per heavy atom. The first-order valence-corrected chi connectivity index (χ1v) is 19.5. The summed E-state index contributed by atoms with van der Waals surface area (Å²) in [6.45, 7) is 15.7. The van der Waals surface area contributed by atoms with Crippen molar-refractivity contribution in [2.45, 2.75) is 142 Å². The largest absolute Gasteiger partial charge is 0.477 e. The maximum atomic E-state index is 11.7. The highest BCUT2D eigenvalue weighted by Crippen LogP contribution is 2.33. The standard InChI is InChI=1S/C22H52O3Si3/c1-8-15-16-17-18-19-20-21-22-28(23,24-26(9-2,10-3)11-4)25-27(12-5,13-6)14-7/h23H,8-22H2,1-7H3. The van der Waals surface area contributed by atoms with Crippen LogP contribution >= 0.6 is 0 Å². The molecule has 1 N–H and O–H groups in total. The molecule has 0 aliphatic rings. The third-order valence-corrected chi connectivity index (χ3v) is 21.7. The molecule has 0 amide bonds. The third kappa shape index (κ3) is 10.0. The molecule has 0 spiro atoms. The fraction of sp³-hybridized carbons (Fsp3) is 1.00. The molecule has 0 aliphatic carbocycles. The molecule has 28 heavy (non-hydrogen) atoms. The lowest BCUT2D eigenvalue weighted by Crippen LogP contribution is -2.58. The van der Waals surface area contributed by atoms with Crippen LogP contribution in [0.15, 0.2) is 0 Å².